The standard InChI is InChI=1S/C16H22N2O3S/c1-12(19)17-8-3-9-18(11-10-17)15(16(20)21)13-4-6-14(22-2)7-5-13/h4-7,15H,3,8-11H2,1-2H3,(H,20,21)/t15-/m1/s1. The first kappa shape index (κ1) is 16.8. The van der Waals surface area contributed by atoms with Crippen molar-refractivity contribution >= 4 is 23.6 Å². The van der Waals surface area contributed by atoms with Gasteiger partial charge in [-0.3, -0.25) is 14.5 Å². The van der Waals surface area contributed by atoms with Crippen LogP contribution in [0, 0.1) is 0 Å². The van der Waals surface area contributed by atoms with Crippen molar-refractivity contribution in [3.63, 3.8) is 0 Å². The maximum Gasteiger partial charge on any atom is 0.325 e. The van der Waals surface area contributed by atoms with E-state index < -0.39 is 12.0 Å². The van der Waals surface area contributed by atoms with E-state index in [1.54, 1.807) is 23.6 Å². The molecule has 1 heterocycles. The summed E-state index contributed by atoms with van der Waals surface area (Å²) in [4.78, 5) is 28.1. The Bertz CT molecular complexity index is 533. The van der Waals surface area contributed by atoms with Crippen molar-refractivity contribution in [3.05, 3.63) is 29.8 Å². The maximum absolute atomic E-state index is 11.8. The van der Waals surface area contributed by atoms with E-state index in [-0.39, 0.29) is 5.91 Å². The minimum atomic E-state index is -0.840. The molecule has 0 radical (unpaired) electrons. The first-order chi connectivity index (χ1) is 10.5. The predicted molar refractivity (Wildman–Crippen MR) is 87.0 cm³/mol. The molecule has 0 unspecified atom stereocenters. The highest BCUT2D eigenvalue weighted by Crippen LogP contribution is 2.25. The zero-order valence-electron chi connectivity index (χ0n) is 13.0. The molecule has 22 heavy (non-hydrogen) atoms. The Morgan fingerprint density at radius 1 is 1.14 bits per heavy atom. The van der Waals surface area contributed by atoms with Crippen LogP contribution in [0.1, 0.15) is 24.9 Å². The number of benzene rings is 1. The maximum atomic E-state index is 11.8. The molecule has 5 nitrogen and oxygen atoms in total. The van der Waals surface area contributed by atoms with E-state index in [1.807, 2.05) is 35.4 Å². The van der Waals surface area contributed by atoms with Crippen LogP contribution in [0.2, 0.25) is 0 Å². The number of carboxylic acid groups (broad SMARTS) is 1. The van der Waals surface area contributed by atoms with Crippen molar-refractivity contribution in [1.82, 2.24) is 9.80 Å². The van der Waals surface area contributed by atoms with Crippen LogP contribution in [0.15, 0.2) is 29.2 Å². The summed E-state index contributed by atoms with van der Waals surface area (Å²) in [5.41, 5.74) is 0.793. The highest BCUT2D eigenvalue weighted by atomic mass is 32.2. The summed E-state index contributed by atoms with van der Waals surface area (Å²) < 4.78 is 0. The van der Waals surface area contributed by atoms with Crippen molar-refractivity contribution in [1.29, 1.82) is 0 Å². The molecule has 1 aliphatic rings. The van der Waals surface area contributed by atoms with E-state index in [0.717, 1.165) is 16.9 Å². The average Bonchev–Trinajstić information content (AvgIpc) is 2.74. The molecule has 120 valence electrons. The molecular formula is C16H22N2O3S. The first-order valence-electron chi connectivity index (χ1n) is 7.39. The van der Waals surface area contributed by atoms with Gasteiger partial charge in [-0.15, -0.1) is 11.8 Å². The van der Waals surface area contributed by atoms with Gasteiger partial charge in [0.25, 0.3) is 0 Å². The van der Waals surface area contributed by atoms with Gasteiger partial charge in [0, 0.05) is 38.0 Å². The monoisotopic (exact) mass is 322 g/mol. The minimum Gasteiger partial charge on any atom is -0.480 e. The largest absolute Gasteiger partial charge is 0.480 e. The van der Waals surface area contributed by atoms with E-state index in [4.69, 9.17) is 0 Å². The summed E-state index contributed by atoms with van der Waals surface area (Å²) in [5, 5.41) is 9.64. The third kappa shape index (κ3) is 4.01. The third-order valence-electron chi connectivity index (χ3n) is 4.01. The molecule has 0 saturated carbocycles. The Balaban J connectivity index is 2.16. The highest BCUT2D eigenvalue weighted by molar-refractivity contribution is 7.98. The van der Waals surface area contributed by atoms with Crippen LogP contribution in [0.3, 0.4) is 0 Å². The molecule has 1 aliphatic heterocycles. The van der Waals surface area contributed by atoms with Crippen molar-refractivity contribution in [2.75, 3.05) is 32.4 Å². The second-order valence-corrected chi connectivity index (χ2v) is 6.29. The summed E-state index contributed by atoms with van der Waals surface area (Å²) in [6.45, 7) is 4.11. The van der Waals surface area contributed by atoms with Gasteiger partial charge in [0.15, 0.2) is 0 Å². The smallest absolute Gasteiger partial charge is 0.325 e. The number of carboxylic acids is 1. The molecular weight excluding hydrogens is 300 g/mol. The normalized spacial score (nSPS) is 17.8. The number of amides is 1. The van der Waals surface area contributed by atoms with Crippen molar-refractivity contribution in [3.8, 4) is 0 Å². The molecule has 1 fully saturated rings. The van der Waals surface area contributed by atoms with Crippen LogP contribution in [0.25, 0.3) is 0 Å². The first-order valence-corrected chi connectivity index (χ1v) is 8.61. The van der Waals surface area contributed by atoms with Crippen molar-refractivity contribution in [2.45, 2.75) is 24.3 Å². The summed E-state index contributed by atoms with van der Waals surface area (Å²) in [5.74, 6) is -0.786. The molecule has 6 heteroatoms. The molecule has 0 bridgehead atoms. The molecule has 1 aromatic rings. The van der Waals surface area contributed by atoms with Crippen LogP contribution in [0.5, 0.6) is 0 Å². The number of aliphatic carboxylic acids is 1. The lowest BCUT2D eigenvalue weighted by molar-refractivity contribution is -0.143. The van der Waals surface area contributed by atoms with Crippen LogP contribution >= 0.6 is 11.8 Å². The Labute approximate surface area is 135 Å². The molecule has 0 aliphatic carbocycles. The lowest BCUT2D eigenvalue weighted by atomic mass is 10.1. The van der Waals surface area contributed by atoms with Gasteiger partial charge < -0.3 is 10.0 Å². The molecule has 1 N–H and O–H groups in total. The van der Waals surface area contributed by atoms with Gasteiger partial charge >= 0.3 is 5.97 Å². The topological polar surface area (TPSA) is 60.9 Å². The van der Waals surface area contributed by atoms with E-state index in [1.165, 1.54) is 0 Å². The molecule has 2 rings (SSSR count). The van der Waals surface area contributed by atoms with Gasteiger partial charge in [-0.2, -0.15) is 0 Å². The Morgan fingerprint density at radius 2 is 1.82 bits per heavy atom. The van der Waals surface area contributed by atoms with Gasteiger partial charge in [0.1, 0.15) is 6.04 Å². The molecule has 1 aromatic carbocycles. The molecule has 0 spiro atoms. The summed E-state index contributed by atoms with van der Waals surface area (Å²) >= 11 is 1.63. The van der Waals surface area contributed by atoms with Crippen LogP contribution in [0.4, 0.5) is 0 Å². The fourth-order valence-electron chi connectivity index (χ4n) is 2.81. The third-order valence-corrected chi connectivity index (χ3v) is 4.75. The van der Waals surface area contributed by atoms with Gasteiger partial charge in [-0.05, 0) is 30.4 Å². The Hall–Kier alpha value is -1.53. The van der Waals surface area contributed by atoms with E-state index in [2.05, 4.69) is 0 Å². The van der Waals surface area contributed by atoms with Crippen LogP contribution in [-0.4, -0.2) is 59.2 Å². The van der Waals surface area contributed by atoms with Gasteiger partial charge in [-0.1, -0.05) is 12.1 Å². The lowest BCUT2D eigenvalue weighted by Gasteiger charge is -2.28. The number of nitrogens with zero attached hydrogens (tertiary/aromatic N) is 2. The highest BCUT2D eigenvalue weighted by Gasteiger charge is 2.29. The predicted octanol–water partition coefficient (Wildman–Crippen LogP) is 2.09. The molecule has 1 atom stereocenters. The lowest BCUT2D eigenvalue weighted by Crippen LogP contribution is -2.38. The average molecular weight is 322 g/mol. The Morgan fingerprint density at radius 3 is 2.36 bits per heavy atom. The second-order valence-electron chi connectivity index (χ2n) is 5.41. The number of carbonyl (C=O) groups excluding carboxylic acids is 1. The molecule has 0 aromatic heterocycles. The zero-order chi connectivity index (χ0) is 16.1. The number of hydrogen-bond acceptors (Lipinski definition) is 4. The zero-order valence-corrected chi connectivity index (χ0v) is 13.8. The van der Waals surface area contributed by atoms with Crippen LogP contribution < -0.4 is 0 Å². The SMILES string of the molecule is CSc1ccc([C@H](C(=O)O)N2CCCN(C(C)=O)CC2)cc1. The molecule has 1 amide bonds. The number of thioether (sulfide) groups is 1. The fraction of sp³-hybridized carbons (Fsp3) is 0.500. The number of rotatable bonds is 4. The Kier molecular flexibility index (Phi) is 5.85. The van der Waals surface area contributed by atoms with Gasteiger partial charge in [-0.25, -0.2) is 0 Å². The van der Waals surface area contributed by atoms with Crippen molar-refractivity contribution < 1.29 is 14.7 Å². The minimum absolute atomic E-state index is 0.0537. The number of carbonyl (C=O) groups is 2. The van der Waals surface area contributed by atoms with Crippen molar-refractivity contribution in [2.24, 2.45) is 0 Å². The second kappa shape index (κ2) is 7.65. The summed E-state index contributed by atoms with van der Waals surface area (Å²) in [6.07, 6.45) is 2.79. The van der Waals surface area contributed by atoms with E-state index >= 15 is 0 Å². The van der Waals surface area contributed by atoms with Gasteiger partial charge in [0.2, 0.25) is 5.91 Å². The molecule has 1 saturated heterocycles. The van der Waals surface area contributed by atoms with E-state index in [0.29, 0.717) is 26.2 Å². The number of hydrogen-bond donors (Lipinski definition) is 1. The van der Waals surface area contributed by atoms with E-state index in [9.17, 15) is 14.7 Å². The summed E-state index contributed by atoms with van der Waals surface area (Å²) in [6, 6.07) is 7.03. The van der Waals surface area contributed by atoms with Gasteiger partial charge in [0.05, 0.1) is 0 Å². The fourth-order valence-corrected chi connectivity index (χ4v) is 3.21. The van der Waals surface area contributed by atoms with Crippen LogP contribution in [-0.2, 0) is 9.59 Å². The quantitative estimate of drug-likeness (QED) is 0.860. The summed E-state index contributed by atoms with van der Waals surface area (Å²) in [7, 11) is 0.